The Hall–Kier alpha value is -2.88. The molecule has 0 amide bonds. The van der Waals surface area contributed by atoms with Crippen LogP contribution in [0.5, 0.6) is 0 Å². The van der Waals surface area contributed by atoms with Gasteiger partial charge in [0.15, 0.2) is 0 Å². The second-order valence-electron chi connectivity index (χ2n) is 5.07. The van der Waals surface area contributed by atoms with Crippen molar-refractivity contribution in [1.82, 2.24) is 9.55 Å². The molecular formula is C18H17N3O. The van der Waals surface area contributed by atoms with Gasteiger partial charge in [0, 0.05) is 18.0 Å². The number of oxime groups is 1. The third-order valence-electron chi connectivity index (χ3n) is 3.65. The van der Waals surface area contributed by atoms with Crippen LogP contribution in [0.1, 0.15) is 17.2 Å². The quantitative estimate of drug-likeness (QED) is 0.444. The SMILES string of the molecule is ON=C(c1ccccc1)C(Cc1ccccc1)n1ccnc1. The van der Waals surface area contributed by atoms with Gasteiger partial charge in [-0.2, -0.15) is 0 Å². The topological polar surface area (TPSA) is 50.4 Å². The second-order valence-corrected chi connectivity index (χ2v) is 5.07. The first-order valence-electron chi connectivity index (χ1n) is 7.17. The van der Waals surface area contributed by atoms with Crippen molar-refractivity contribution in [2.45, 2.75) is 12.5 Å². The summed E-state index contributed by atoms with van der Waals surface area (Å²) >= 11 is 0. The zero-order chi connectivity index (χ0) is 15.2. The van der Waals surface area contributed by atoms with Crippen molar-refractivity contribution in [3.05, 3.63) is 90.5 Å². The van der Waals surface area contributed by atoms with Crippen LogP contribution in [-0.4, -0.2) is 20.5 Å². The first-order valence-corrected chi connectivity index (χ1v) is 7.17. The minimum Gasteiger partial charge on any atom is -0.411 e. The van der Waals surface area contributed by atoms with Gasteiger partial charge >= 0.3 is 0 Å². The Morgan fingerprint density at radius 3 is 2.32 bits per heavy atom. The standard InChI is InChI=1S/C18H17N3O/c22-20-18(16-9-5-2-6-10-16)17(21-12-11-19-14-21)13-15-7-3-1-4-8-15/h1-12,14,17,22H,13H2. The molecule has 0 spiro atoms. The van der Waals surface area contributed by atoms with E-state index in [9.17, 15) is 5.21 Å². The van der Waals surface area contributed by atoms with Gasteiger partial charge in [0.25, 0.3) is 0 Å². The van der Waals surface area contributed by atoms with Gasteiger partial charge in [-0.15, -0.1) is 0 Å². The highest BCUT2D eigenvalue weighted by Gasteiger charge is 2.20. The largest absolute Gasteiger partial charge is 0.411 e. The van der Waals surface area contributed by atoms with Crippen LogP contribution in [0.4, 0.5) is 0 Å². The van der Waals surface area contributed by atoms with Crippen molar-refractivity contribution in [2.24, 2.45) is 5.16 Å². The van der Waals surface area contributed by atoms with Crippen molar-refractivity contribution < 1.29 is 5.21 Å². The van der Waals surface area contributed by atoms with Crippen LogP contribution in [0.3, 0.4) is 0 Å². The molecule has 1 heterocycles. The number of aromatic nitrogens is 2. The van der Waals surface area contributed by atoms with Crippen LogP contribution in [0.25, 0.3) is 0 Å². The number of hydrogen-bond acceptors (Lipinski definition) is 3. The third-order valence-corrected chi connectivity index (χ3v) is 3.65. The van der Waals surface area contributed by atoms with Crippen LogP contribution < -0.4 is 0 Å². The van der Waals surface area contributed by atoms with E-state index in [-0.39, 0.29) is 6.04 Å². The highest BCUT2D eigenvalue weighted by molar-refractivity contribution is 6.03. The predicted octanol–water partition coefficient (Wildman–Crippen LogP) is 3.55. The number of benzene rings is 2. The second kappa shape index (κ2) is 6.72. The molecule has 0 aliphatic carbocycles. The number of rotatable bonds is 5. The smallest absolute Gasteiger partial charge is 0.110 e. The Bertz CT molecular complexity index is 722. The van der Waals surface area contributed by atoms with Gasteiger partial charge in [-0.05, 0) is 12.0 Å². The molecule has 1 unspecified atom stereocenters. The Kier molecular flexibility index (Phi) is 4.30. The fourth-order valence-corrected chi connectivity index (χ4v) is 2.56. The maximum Gasteiger partial charge on any atom is 0.110 e. The zero-order valence-corrected chi connectivity index (χ0v) is 12.1. The molecule has 0 saturated carbocycles. The average molecular weight is 291 g/mol. The average Bonchev–Trinajstić information content (AvgIpc) is 3.11. The normalized spacial score (nSPS) is 13.0. The number of nitrogens with zero attached hydrogens (tertiary/aromatic N) is 3. The molecule has 4 heteroatoms. The van der Waals surface area contributed by atoms with Gasteiger partial charge < -0.3 is 9.77 Å². The summed E-state index contributed by atoms with van der Waals surface area (Å²) in [6.07, 6.45) is 6.10. The van der Waals surface area contributed by atoms with Gasteiger partial charge in [-0.3, -0.25) is 0 Å². The fraction of sp³-hybridized carbons (Fsp3) is 0.111. The highest BCUT2D eigenvalue weighted by atomic mass is 16.4. The van der Waals surface area contributed by atoms with Gasteiger partial charge in [-0.1, -0.05) is 65.8 Å². The lowest BCUT2D eigenvalue weighted by atomic mass is 9.96. The molecular weight excluding hydrogens is 274 g/mol. The Labute approximate surface area is 129 Å². The molecule has 22 heavy (non-hydrogen) atoms. The van der Waals surface area contributed by atoms with Crippen LogP contribution in [-0.2, 0) is 6.42 Å². The summed E-state index contributed by atoms with van der Waals surface area (Å²) in [6, 6.07) is 19.8. The number of imidazole rings is 1. The van der Waals surface area contributed by atoms with Crippen LogP contribution in [0.15, 0.2) is 84.5 Å². The molecule has 1 N–H and O–H groups in total. The third kappa shape index (κ3) is 3.06. The Balaban J connectivity index is 1.98. The van der Waals surface area contributed by atoms with Crippen molar-refractivity contribution in [3.8, 4) is 0 Å². The molecule has 1 aromatic heterocycles. The Morgan fingerprint density at radius 1 is 1.05 bits per heavy atom. The van der Waals surface area contributed by atoms with Gasteiger partial charge in [0.05, 0.1) is 12.4 Å². The van der Waals surface area contributed by atoms with E-state index in [0.717, 1.165) is 12.0 Å². The molecule has 0 saturated heterocycles. The summed E-state index contributed by atoms with van der Waals surface area (Å²) < 4.78 is 1.97. The summed E-state index contributed by atoms with van der Waals surface area (Å²) in [5, 5.41) is 13.2. The molecule has 1 atom stereocenters. The minimum atomic E-state index is -0.114. The predicted molar refractivity (Wildman–Crippen MR) is 86.2 cm³/mol. The molecule has 0 aliphatic rings. The highest BCUT2D eigenvalue weighted by Crippen LogP contribution is 2.20. The minimum absolute atomic E-state index is 0.114. The van der Waals surface area contributed by atoms with Crippen molar-refractivity contribution in [1.29, 1.82) is 0 Å². The summed E-state index contributed by atoms with van der Waals surface area (Å²) in [4.78, 5) is 4.12. The monoisotopic (exact) mass is 291 g/mol. The molecule has 3 aromatic rings. The zero-order valence-electron chi connectivity index (χ0n) is 12.1. The number of hydrogen-bond donors (Lipinski definition) is 1. The lowest BCUT2D eigenvalue weighted by Crippen LogP contribution is -2.22. The van der Waals surface area contributed by atoms with E-state index < -0.39 is 0 Å². The lowest BCUT2D eigenvalue weighted by Gasteiger charge is -2.20. The van der Waals surface area contributed by atoms with E-state index in [4.69, 9.17) is 0 Å². The molecule has 0 radical (unpaired) electrons. The molecule has 0 aliphatic heterocycles. The van der Waals surface area contributed by atoms with Gasteiger partial charge in [-0.25, -0.2) is 4.98 Å². The first-order chi connectivity index (χ1) is 10.9. The van der Waals surface area contributed by atoms with E-state index >= 15 is 0 Å². The fourth-order valence-electron chi connectivity index (χ4n) is 2.56. The molecule has 110 valence electrons. The van der Waals surface area contributed by atoms with Crippen molar-refractivity contribution in [2.75, 3.05) is 0 Å². The molecule has 0 fully saturated rings. The lowest BCUT2D eigenvalue weighted by molar-refractivity contribution is 0.315. The first kappa shape index (κ1) is 14.1. The molecule has 3 rings (SSSR count). The van der Waals surface area contributed by atoms with Crippen LogP contribution >= 0.6 is 0 Å². The van der Waals surface area contributed by atoms with Gasteiger partial charge in [0.2, 0.25) is 0 Å². The maximum atomic E-state index is 9.58. The van der Waals surface area contributed by atoms with E-state index in [1.807, 2.05) is 59.3 Å². The van der Waals surface area contributed by atoms with E-state index in [1.54, 1.807) is 12.5 Å². The van der Waals surface area contributed by atoms with E-state index in [2.05, 4.69) is 22.3 Å². The van der Waals surface area contributed by atoms with Crippen molar-refractivity contribution >= 4 is 5.71 Å². The summed E-state index contributed by atoms with van der Waals surface area (Å²) in [6.45, 7) is 0. The van der Waals surface area contributed by atoms with Crippen molar-refractivity contribution in [3.63, 3.8) is 0 Å². The summed E-state index contributed by atoms with van der Waals surface area (Å²) in [5.74, 6) is 0. The Morgan fingerprint density at radius 2 is 1.73 bits per heavy atom. The summed E-state index contributed by atoms with van der Waals surface area (Å²) in [5.41, 5.74) is 2.71. The molecule has 4 nitrogen and oxygen atoms in total. The van der Waals surface area contributed by atoms with Crippen LogP contribution in [0, 0.1) is 0 Å². The van der Waals surface area contributed by atoms with E-state index in [1.165, 1.54) is 5.56 Å². The molecule has 2 aromatic carbocycles. The molecule has 0 bridgehead atoms. The van der Waals surface area contributed by atoms with E-state index in [0.29, 0.717) is 5.71 Å². The van der Waals surface area contributed by atoms with Crippen LogP contribution in [0.2, 0.25) is 0 Å². The summed E-state index contributed by atoms with van der Waals surface area (Å²) in [7, 11) is 0. The maximum absolute atomic E-state index is 9.58. The van der Waals surface area contributed by atoms with Gasteiger partial charge in [0.1, 0.15) is 5.71 Å².